The number of nitrogen functional groups attached to an aromatic ring is 1. The molecule has 0 bridgehead atoms. The number of hydrogen-bond donors (Lipinski definition) is 2. The lowest BCUT2D eigenvalue weighted by Crippen LogP contribution is -2.26. The predicted octanol–water partition coefficient (Wildman–Crippen LogP) is 0.436. The van der Waals surface area contributed by atoms with Gasteiger partial charge in [-0.15, -0.1) is 0 Å². The Kier molecular flexibility index (Phi) is 3.63. The number of nitrogens with zero attached hydrogens (tertiary/aromatic N) is 2. The fourth-order valence-electron chi connectivity index (χ4n) is 1.56. The number of ether oxygens (including phenoxy) is 1. The molecule has 1 saturated carbocycles. The first-order valence-corrected chi connectivity index (χ1v) is 5.92. The van der Waals surface area contributed by atoms with E-state index in [1.165, 1.54) is 10.6 Å². The first kappa shape index (κ1) is 11.9. The van der Waals surface area contributed by atoms with Crippen molar-refractivity contribution in [1.82, 2.24) is 9.55 Å². The molecule has 1 heterocycles. The average molecular weight is 238 g/mol. The molecule has 1 aliphatic carbocycles. The molecule has 1 fully saturated rings. The molecule has 0 atom stereocenters. The molecule has 2 rings (SSSR count). The predicted molar refractivity (Wildman–Crippen MR) is 66.0 cm³/mol. The Bertz CT molecular complexity index is 440. The summed E-state index contributed by atoms with van der Waals surface area (Å²) in [5.74, 6) is 0.808. The van der Waals surface area contributed by atoms with Gasteiger partial charge >= 0.3 is 0 Å². The van der Waals surface area contributed by atoms with Crippen LogP contribution in [0.5, 0.6) is 0 Å². The van der Waals surface area contributed by atoms with Gasteiger partial charge in [0.2, 0.25) is 5.95 Å². The molecule has 1 aromatic heterocycles. The summed E-state index contributed by atoms with van der Waals surface area (Å²) >= 11 is 0. The highest BCUT2D eigenvalue weighted by Crippen LogP contribution is 2.23. The summed E-state index contributed by atoms with van der Waals surface area (Å²) in [5, 5.41) is 3.16. The van der Waals surface area contributed by atoms with Gasteiger partial charge in [0.05, 0.1) is 13.2 Å². The number of nitrogens with one attached hydrogen (secondary N) is 1. The van der Waals surface area contributed by atoms with Gasteiger partial charge in [0, 0.05) is 18.7 Å². The Morgan fingerprint density at radius 3 is 3.00 bits per heavy atom. The lowest BCUT2D eigenvalue weighted by molar-refractivity contribution is 0.138. The molecule has 3 N–H and O–H groups in total. The van der Waals surface area contributed by atoms with E-state index in [-0.39, 0.29) is 11.5 Å². The zero-order chi connectivity index (χ0) is 12.3. The lowest BCUT2D eigenvalue weighted by Gasteiger charge is -2.10. The summed E-state index contributed by atoms with van der Waals surface area (Å²) in [6.07, 6.45) is 2.27. The van der Waals surface area contributed by atoms with E-state index < -0.39 is 0 Å². The van der Waals surface area contributed by atoms with Crippen LogP contribution in [0.1, 0.15) is 19.8 Å². The molecule has 0 saturated heterocycles. The molecule has 1 aromatic rings. The maximum absolute atomic E-state index is 11.8. The Morgan fingerprint density at radius 1 is 1.65 bits per heavy atom. The Morgan fingerprint density at radius 2 is 2.41 bits per heavy atom. The number of aromatic nitrogens is 2. The third kappa shape index (κ3) is 3.20. The second-order valence-corrected chi connectivity index (χ2v) is 4.10. The van der Waals surface area contributed by atoms with Gasteiger partial charge in [-0.3, -0.25) is 9.36 Å². The van der Waals surface area contributed by atoms with E-state index in [9.17, 15) is 4.79 Å². The average Bonchev–Trinajstić information content (AvgIpc) is 3.06. The van der Waals surface area contributed by atoms with Crippen molar-refractivity contribution in [2.75, 3.05) is 24.3 Å². The van der Waals surface area contributed by atoms with E-state index >= 15 is 0 Å². The van der Waals surface area contributed by atoms with Crippen molar-refractivity contribution < 1.29 is 4.74 Å². The van der Waals surface area contributed by atoms with Crippen LogP contribution in [0.4, 0.5) is 11.8 Å². The maximum Gasteiger partial charge on any atom is 0.257 e. The number of rotatable bonds is 6. The fourth-order valence-corrected chi connectivity index (χ4v) is 1.56. The summed E-state index contributed by atoms with van der Waals surface area (Å²) in [5.41, 5.74) is 5.62. The third-order valence-electron chi connectivity index (χ3n) is 2.63. The second-order valence-electron chi connectivity index (χ2n) is 4.10. The van der Waals surface area contributed by atoms with E-state index in [2.05, 4.69) is 10.3 Å². The van der Waals surface area contributed by atoms with Gasteiger partial charge in [0.1, 0.15) is 5.82 Å². The van der Waals surface area contributed by atoms with Crippen LogP contribution in [0.15, 0.2) is 10.9 Å². The molecule has 6 nitrogen and oxygen atoms in total. The Balaban J connectivity index is 2.07. The van der Waals surface area contributed by atoms with E-state index in [1.807, 2.05) is 6.92 Å². The van der Waals surface area contributed by atoms with Gasteiger partial charge in [0.25, 0.3) is 5.56 Å². The minimum absolute atomic E-state index is 0.139. The van der Waals surface area contributed by atoms with Crippen molar-refractivity contribution in [2.45, 2.75) is 32.4 Å². The quantitative estimate of drug-likeness (QED) is 0.703. The van der Waals surface area contributed by atoms with Gasteiger partial charge < -0.3 is 15.8 Å². The SMILES string of the molecule is CCOCCn1c(N)nc(NC2CC2)cc1=O. The normalized spacial score (nSPS) is 14.9. The van der Waals surface area contributed by atoms with Gasteiger partial charge in [-0.1, -0.05) is 0 Å². The van der Waals surface area contributed by atoms with Crippen LogP contribution in [-0.4, -0.2) is 28.8 Å². The lowest BCUT2D eigenvalue weighted by atomic mass is 10.5. The summed E-state index contributed by atoms with van der Waals surface area (Å²) in [6, 6.07) is 1.95. The number of anilines is 2. The van der Waals surface area contributed by atoms with Crippen molar-refractivity contribution in [1.29, 1.82) is 0 Å². The molecular formula is C11H18N4O2. The molecule has 0 aromatic carbocycles. The van der Waals surface area contributed by atoms with E-state index in [0.29, 0.717) is 31.6 Å². The largest absolute Gasteiger partial charge is 0.380 e. The zero-order valence-corrected chi connectivity index (χ0v) is 9.98. The summed E-state index contributed by atoms with van der Waals surface area (Å²) < 4.78 is 6.62. The van der Waals surface area contributed by atoms with Crippen molar-refractivity contribution >= 4 is 11.8 Å². The molecule has 0 aliphatic heterocycles. The molecule has 0 amide bonds. The zero-order valence-electron chi connectivity index (χ0n) is 9.98. The second kappa shape index (κ2) is 5.18. The van der Waals surface area contributed by atoms with Crippen LogP contribution in [0.2, 0.25) is 0 Å². The van der Waals surface area contributed by atoms with Crippen LogP contribution >= 0.6 is 0 Å². The molecule has 0 radical (unpaired) electrons. The van der Waals surface area contributed by atoms with Crippen molar-refractivity contribution in [3.63, 3.8) is 0 Å². The highest BCUT2D eigenvalue weighted by atomic mass is 16.5. The van der Waals surface area contributed by atoms with Crippen LogP contribution in [-0.2, 0) is 11.3 Å². The van der Waals surface area contributed by atoms with Gasteiger partial charge in [-0.05, 0) is 19.8 Å². The standard InChI is InChI=1S/C11H18N4O2/c1-2-17-6-5-15-10(16)7-9(14-11(15)12)13-8-3-4-8/h7-8,13H,2-6H2,1H3,(H2,12,14). The monoisotopic (exact) mass is 238 g/mol. The van der Waals surface area contributed by atoms with Crippen molar-refractivity contribution in [3.05, 3.63) is 16.4 Å². The minimum Gasteiger partial charge on any atom is -0.380 e. The van der Waals surface area contributed by atoms with E-state index in [4.69, 9.17) is 10.5 Å². The Labute approximate surface area is 99.8 Å². The van der Waals surface area contributed by atoms with Gasteiger partial charge in [-0.25, -0.2) is 0 Å². The maximum atomic E-state index is 11.8. The highest BCUT2D eigenvalue weighted by Gasteiger charge is 2.21. The van der Waals surface area contributed by atoms with Crippen molar-refractivity contribution in [2.24, 2.45) is 0 Å². The number of hydrogen-bond acceptors (Lipinski definition) is 5. The van der Waals surface area contributed by atoms with E-state index in [0.717, 1.165) is 12.8 Å². The fraction of sp³-hybridized carbons (Fsp3) is 0.636. The Hall–Kier alpha value is -1.56. The smallest absolute Gasteiger partial charge is 0.257 e. The highest BCUT2D eigenvalue weighted by molar-refractivity contribution is 5.40. The van der Waals surface area contributed by atoms with Crippen molar-refractivity contribution in [3.8, 4) is 0 Å². The van der Waals surface area contributed by atoms with Gasteiger partial charge in [0.15, 0.2) is 0 Å². The molecule has 0 unspecified atom stereocenters. The molecule has 0 spiro atoms. The summed E-state index contributed by atoms with van der Waals surface area (Å²) in [4.78, 5) is 16.0. The topological polar surface area (TPSA) is 82.2 Å². The van der Waals surface area contributed by atoms with Crippen LogP contribution in [0.25, 0.3) is 0 Å². The van der Waals surface area contributed by atoms with Gasteiger partial charge in [-0.2, -0.15) is 4.98 Å². The molecule has 17 heavy (non-hydrogen) atoms. The van der Waals surface area contributed by atoms with E-state index in [1.54, 1.807) is 0 Å². The molecule has 1 aliphatic rings. The molecule has 6 heteroatoms. The minimum atomic E-state index is -0.139. The summed E-state index contributed by atoms with van der Waals surface area (Å²) in [6.45, 7) is 3.45. The van der Waals surface area contributed by atoms with Crippen LogP contribution in [0, 0.1) is 0 Å². The van der Waals surface area contributed by atoms with Crippen LogP contribution in [0.3, 0.4) is 0 Å². The first-order valence-electron chi connectivity index (χ1n) is 5.92. The third-order valence-corrected chi connectivity index (χ3v) is 2.63. The summed E-state index contributed by atoms with van der Waals surface area (Å²) in [7, 11) is 0. The molecule has 94 valence electrons. The molecular weight excluding hydrogens is 220 g/mol. The number of nitrogens with two attached hydrogens (primary N) is 1. The first-order chi connectivity index (χ1) is 8.20. The van der Waals surface area contributed by atoms with Crippen LogP contribution < -0.4 is 16.6 Å².